The maximum atomic E-state index is 12.6. The molecule has 4 N–H and O–H groups in total. The van der Waals surface area contributed by atoms with Gasteiger partial charge in [0.15, 0.2) is 0 Å². The number of nitro groups is 1. The first kappa shape index (κ1) is 16.9. The Bertz CT molecular complexity index is 815. The van der Waals surface area contributed by atoms with E-state index in [0.717, 1.165) is 36.8 Å². The molecule has 0 radical (unpaired) electrons. The van der Waals surface area contributed by atoms with Crippen molar-refractivity contribution in [3.63, 3.8) is 0 Å². The average Bonchev–Trinajstić information content (AvgIpc) is 2.99. The molecular formula is C17H21N5O3. The maximum Gasteiger partial charge on any atom is 0.322 e. The highest BCUT2D eigenvalue weighted by atomic mass is 16.6. The Labute approximate surface area is 145 Å². The molecule has 3 rings (SSSR count). The minimum Gasteiger partial charge on any atom is -0.399 e. The number of amides is 1. The first-order valence-corrected chi connectivity index (χ1v) is 8.42. The van der Waals surface area contributed by atoms with Crippen molar-refractivity contribution < 1.29 is 9.72 Å². The number of rotatable bonds is 5. The van der Waals surface area contributed by atoms with Crippen LogP contribution in [0, 0.1) is 10.1 Å². The van der Waals surface area contributed by atoms with E-state index in [9.17, 15) is 14.9 Å². The molecule has 25 heavy (non-hydrogen) atoms. The lowest BCUT2D eigenvalue weighted by Crippen LogP contribution is -2.31. The largest absolute Gasteiger partial charge is 0.399 e. The molecular weight excluding hydrogens is 322 g/mol. The van der Waals surface area contributed by atoms with Crippen molar-refractivity contribution in [3.05, 3.63) is 50.8 Å². The fourth-order valence-corrected chi connectivity index (χ4v) is 3.36. The van der Waals surface area contributed by atoms with Crippen LogP contribution in [0.4, 0.5) is 11.4 Å². The van der Waals surface area contributed by atoms with E-state index in [4.69, 9.17) is 5.73 Å². The van der Waals surface area contributed by atoms with Gasteiger partial charge in [0.2, 0.25) is 5.69 Å². The third-order valence-electron chi connectivity index (χ3n) is 4.50. The van der Waals surface area contributed by atoms with Crippen molar-refractivity contribution in [1.29, 1.82) is 0 Å². The molecule has 1 heterocycles. The topological polar surface area (TPSA) is 127 Å². The number of aromatic nitrogens is 2. The second-order valence-corrected chi connectivity index (χ2v) is 6.28. The van der Waals surface area contributed by atoms with Gasteiger partial charge in [0.25, 0.3) is 5.91 Å². The first-order chi connectivity index (χ1) is 12.0. The van der Waals surface area contributed by atoms with E-state index in [1.54, 1.807) is 6.07 Å². The SMILES string of the molecule is CCCc1[nH]nc(C(=O)NC2CCCc3cc(N)ccc32)c1[N+](=O)[O-]. The molecule has 0 aliphatic heterocycles. The number of benzene rings is 1. The van der Waals surface area contributed by atoms with E-state index in [-0.39, 0.29) is 17.4 Å². The molecule has 0 bridgehead atoms. The molecule has 0 spiro atoms. The molecule has 2 aromatic rings. The standard InChI is InChI=1S/C17H21N5O3/c1-2-4-14-16(22(24)25)15(21-20-14)17(23)19-13-6-3-5-10-9-11(18)7-8-12(10)13/h7-9,13H,2-6,18H2,1H3,(H,19,23)(H,20,21). The van der Waals surface area contributed by atoms with Gasteiger partial charge in [0.05, 0.1) is 11.0 Å². The van der Waals surface area contributed by atoms with Crippen molar-refractivity contribution in [2.24, 2.45) is 0 Å². The molecule has 1 aliphatic carbocycles. The average molecular weight is 343 g/mol. The number of nitrogens with two attached hydrogens (primary N) is 1. The van der Waals surface area contributed by atoms with Crippen LogP contribution in [0.2, 0.25) is 0 Å². The summed E-state index contributed by atoms with van der Waals surface area (Å²) in [6, 6.07) is 5.45. The van der Waals surface area contributed by atoms with Crippen LogP contribution >= 0.6 is 0 Å². The van der Waals surface area contributed by atoms with Gasteiger partial charge < -0.3 is 11.1 Å². The van der Waals surface area contributed by atoms with Crippen LogP contribution in [-0.2, 0) is 12.8 Å². The molecule has 1 atom stereocenters. The van der Waals surface area contributed by atoms with E-state index in [0.29, 0.717) is 17.8 Å². The molecule has 8 heteroatoms. The highest BCUT2D eigenvalue weighted by molar-refractivity contribution is 5.96. The fourth-order valence-electron chi connectivity index (χ4n) is 3.36. The van der Waals surface area contributed by atoms with E-state index in [1.807, 2.05) is 19.1 Å². The molecule has 1 aliphatic rings. The summed E-state index contributed by atoms with van der Waals surface area (Å²) in [6.07, 6.45) is 3.81. The minimum atomic E-state index is -0.543. The van der Waals surface area contributed by atoms with Crippen molar-refractivity contribution in [2.75, 3.05) is 5.73 Å². The number of anilines is 1. The fraction of sp³-hybridized carbons (Fsp3) is 0.412. The Morgan fingerprint density at radius 2 is 2.32 bits per heavy atom. The highest BCUT2D eigenvalue weighted by Gasteiger charge is 2.31. The number of aryl methyl sites for hydroxylation is 2. The summed E-state index contributed by atoms with van der Waals surface area (Å²) in [6.45, 7) is 1.91. The highest BCUT2D eigenvalue weighted by Crippen LogP contribution is 2.32. The zero-order valence-corrected chi connectivity index (χ0v) is 14.0. The van der Waals surface area contributed by atoms with Crippen LogP contribution in [0.5, 0.6) is 0 Å². The summed E-state index contributed by atoms with van der Waals surface area (Å²) in [5.74, 6) is -0.528. The first-order valence-electron chi connectivity index (χ1n) is 8.42. The molecule has 0 saturated carbocycles. The smallest absolute Gasteiger partial charge is 0.322 e. The van der Waals surface area contributed by atoms with Crippen LogP contribution in [0.1, 0.15) is 59.5 Å². The molecule has 1 aromatic heterocycles. The molecule has 1 unspecified atom stereocenters. The Hall–Kier alpha value is -2.90. The zero-order valence-electron chi connectivity index (χ0n) is 14.0. The zero-order chi connectivity index (χ0) is 18.0. The second kappa shape index (κ2) is 6.92. The summed E-state index contributed by atoms with van der Waals surface area (Å²) >= 11 is 0. The Morgan fingerprint density at radius 3 is 3.04 bits per heavy atom. The predicted octanol–water partition coefficient (Wildman–Crippen LogP) is 2.66. The third kappa shape index (κ3) is 3.33. The van der Waals surface area contributed by atoms with Crippen LogP contribution < -0.4 is 11.1 Å². The minimum absolute atomic E-state index is 0.156. The van der Waals surface area contributed by atoms with Gasteiger partial charge in [0.1, 0.15) is 5.69 Å². The maximum absolute atomic E-state index is 12.6. The van der Waals surface area contributed by atoms with Crippen LogP contribution in [0.15, 0.2) is 18.2 Å². The lowest BCUT2D eigenvalue weighted by atomic mass is 9.87. The number of carbonyl (C=O) groups is 1. The predicted molar refractivity (Wildman–Crippen MR) is 93.2 cm³/mol. The van der Waals surface area contributed by atoms with Crippen LogP contribution in [0.25, 0.3) is 0 Å². The van der Waals surface area contributed by atoms with Gasteiger partial charge in [-0.1, -0.05) is 19.4 Å². The van der Waals surface area contributed by atoms with Gasteiger partial charge in [-0.15, -0.1) is 0 Å². The Balaban J connectivity index is 1.86. The summed E-state index contributed by atoms with van der Waals surface area (Å²) in [4.78, 5) is 23.4. The van der Waals surface area contributed by atoms with E-state index in [2.05, 4.69) is 15.5 Å². The number of nitrogens with zero attached hydrogens (tertiary/aromatic N) is 2. The van der Waals surface area contributed by atoms with Gasteiger partial charge in [-0.2, -0.15) is 5.10 Å². The van der Waals surface area contributed by atoms with Gasteiger partial charge in [-0.3, -0.25) is 20.0 Å². The molecule has 0 saturated heterocycles. The van der Waals surface area contributed by atoms with Crippen molar-refractivity contribution in [1.82, 2.24) is 15.5 Å². The monoisotopic (exact) mass is 343 g/mol. The second-order valence-electron chi connectivity index (χ2n) is 6.28. The number of nitrogens with one attached hydrogen (secondary N) is 2. The molecule has 8 nitrogen and oxygen atoms in total. The van der Waals surface area contributed by atoms with Crippen LogP contribution in [-0.4, -0.2) is 21.0 Å². The van der Waals surface area contributed by atoms with Crippen LogP contribution in [0.3, 0.4) is 0 Å². The lowest BCUT2D eigenvalue weighted by Gasteiger charge is -2.26. The van der Waals surface area contributed by atoms with E-state index in [1.165, 1.54) is 0 Å². The quantitative estimate of drug-likeness (QED) is 0.437. The molecule has 1 amide bonds. The Kier molecular flexibility index (Phi) is 4.69. The van der Waals surface area contributed by atoms with E-state index >= 15 is 0 Å². The summed E-state index contributed by atoms with van der Waals surface area (Å²) in [7, 11) is 0. The lowest BCUT2D eigenvalue weighted by molar-refractivity contribution is -0.385. The van der Waals surface area contributed by atoms with Crippen molar-refractivity contribution >= 4 is 17.3 Å². The van der Waals surface area contributed by atoms with Gasteiger partial charge in [0, 0.05) is 5.69 Å². The molecule has 1 aromatic carbocycles. The molecule has 132 valence electrons. The molecule has 0 fully saturated rings. The van der Waals surface area contributed by atoms with Gasteiger partial charge >= 0.3 is 5.69 Å². The Morgan fingerprint density at radius 1 is 1.52 bits per heavy atom. The summed E-state index contributed by atoms with van der Waals surface area (Å²) in [5, 5.41) is 20.8. The number of nitrogen functional groups attached to an aromatic ring is 1. The summed E-state index contributed by atoms with van der Waals surface area (Å²) < 4.78 is 0. The van der Waals surface area contributed by atoms with Gasteiger partial charge in [-0.25, -0.2) is 0 Å². The van der Waals surface area contributed by atoms with Crippen molar-refractivity contribution in [3.8, 4) is 0 Å². The summed E-state index contributed by atoms with van der Waals surface area (Å²) in [5.41, 5.74) is 8.64. The number of H-pyrrole nitrogens is 1. The van der Waals surface area contributed by atoms with Crippen molar-refractivity contribution in [2.45, 2.75) is 45.1 Å². The number of fused-ring (bicyclic) bond motifs is 1. The number of hydrogen-bond donors (Lipinski definition) is 3. The number of hydrogen-bond acceptors (Lipinski definition) is 5. The normalized spacial score (nSPS) is 16.3. The van der Waals surface area contributed by atoms with Gasteiger partial charge in [-0.05, 0) is 48.9 Å². The third-order valence-corrected chi connectivity index (χ3v) is 4.50. The van der Waals surface area contributed by atoms with E-state index < -0.39 is 10.8 Å². The number of aromatic amines is 1. The number of carbonyl (C=O) groups excluding carboxylic acids is 1.